The van der Waals surface area contributed by atoms with Crippen LogP contribution in [0.4, 0.5) is 0 Å². The monoisotopic (exact) mass is 176 g/mol. The molecule has 1 rings (SSSR count). The Kier molecular flexibility index (Phi) is 3.50. The van der Waals surface area contributed by atoms with Gasteiger partial charge in [-0.05, 0) is 37.1 Å². The second-order valence-electron chi connectivity index (χ2n) is 3.06. The molecule has 1 aliphatic rings. The van der Waals surface area contributed by atoms with Crippen LogP contribution in [0.5, 0.6) is 0 Å². The van der Waals surface area contributed by atoms with Crippen molar-refractivity contribution in [1.29, 1.82) is 0 Å². The number of hydrogen-bond acceptors (Lipinski definition) is 2. The van der Waals surface area contributed by atoms with Crippen molar-refractivity contribution >= 4 is 5.84 Å². The number of nitrogens with zero attached hydrogens (tertiary/aromatic N) is 1. The summed E-state index contributed by atoms with van der Waals surface area (Å²) >= 11 is 0. The van der Waals surface area contributed by atoms with Crippen molar-refractivity contribution in [2.24, 2.45) is 4.99 Å². The molecule has 1 aliphatic heterocycles. The summed E-state index contributed by atoms with van der Waals surface area (Å²) in [5.41, 5.74) is 2.54. The third-order valence-corrected chi connectivity index (χ3v) is 2.11. The molecule has 0 fully saturated rings. The molecule has 0 spiro atoms. The van der Waals surface area contributed by atoms with Gasteiger partial charge in [0.05, 0.1) is 0 Å². The van der Waals surface area contributed by atoms with E-state index >= 15 is 0 Å². The lowest BCUT2D eigenvalue weighted by Crippen LogP contribution is -2.17. The van der Waals surface area contributed by atoms with Crippen LogP contribution >= 0.6 is 0 Å². The molecule has 0 aromatic rings. The first kappa shape index (κ1) is 9.78. The van der Waals surface area contributed by atoms with Gasteiger partial charge in [-0.25, -0.2) is 4.99 Å². The van der Waals surface area contributed by atoms with E-state index in [2.05, 4.69) is 36.8 Å². The Balaban J connectivity index is 2.85. The van der Waals surface area contributed by atoms with E-state index in [0.717, 1.165) is 18.7 Å². The Bertz CT molecular complexity index is 282. The van der Waals surface area contributed by atoms with Gasteiger partial charge >= 0.3 is 0 Å². The predicted molar refractivity (Wildman–Crippen MR) is 57.5 cm³/mol. The second kappa shape index (κ2) is 4.65. The maximum absolute atomic E-state index is 4.35. The highest BCUT2D eigenvalue weighted by atomic mass is 15.0. The summed E-state index contributed by atoms with van der Waals surface area (Å²) in [6, 6.07) is 0. The van der Waals surface area contributed by atoms with Gasteiger partial charge in [-0.15, -0.1) is 0 Å². The van der Waals surface area contributed by atoms with E-state index in [9.17, 15) is 0 Å². The van der Waals surface area contributed by atoms with E-state index in [-0.39, 0.29) is 0 Å². The van der Waals surface area contributed by atoms with Crippen molar-refractivity contribution in [3.05, 3.63) is 36.2 Å². The molecule has 0 aromatic carbocycles. The maximum Gasteiger partial charge on any atom is 0.132 e. The average molecular weight is 176 g/mol. The van der Waals surface area contributed by atoms with Crippen molar-refractivity contribution in [1.82, 2.24) is 5.32 Å². The smallest absolute Gasteiger partial charge is 0.132 e. The number of allylic oxidation sites excluding steroid dienone is 2. The predicted octanol–water partition coefficient (Wildman–Crippen LogP) is 2.76. The summed E-state index contributed by atoms with van der Waals surface area (Å²) in [4.78, 5) is 4.35. The van der Waals surface area contributed by atoms with Crippen molar-refractivity contribution < 1.29 is 0 Å². The van der Waals surface area contributed by atoms with Crippen LogP contribution in [0, 0.1) is 0 Å². The number of amidine groups is 1. The summed E-state index contributed by atoms with van der Waals surface area (Å²) in [5, 5.41) is 3.02. The van der Waals surface area contributed by atoms with Crippen LogP contribution in [0.25, 0.3) is 0 Å². The van der Waals surface area contributed by atoms with Gasteiger partial charge < -0.3 is 5.32 Å². The van der Waals surface area contributed by atoms with Crippen LogP contribution < -0.4 is 5.32 Å². The van der Waals surface area contributed by atoms with Crippen LogP contribution in [0.3, 0.4) is 0 Å². The highest BCUT2D eigenvalue weighted by Gasteiger charge is 2.03. The SMILES string of the molecule is C=CNC1=NC=C(CC)CC=C1C. The first-order chi connectivity index (χ1) is 6.27. The average Bonchev–Trinajstić information content (AvgIpc) is 2.31. The van der Waals surface area contributed by atoms with Gasteiger partial charge in [-0.2, -0.15) is 0 Å². The van der Waals surface area contributed by atoms with E-state index in [0.29, 0.717) is 0 Å². The van der Waals surface area contributed by atoms with Crippen LogP contribution in [-0.2, 0) is 0 Å². The van der Waals surface area contributed by atoms with Gasteiger partial charge in [0.25, 0.3) is 0 Å². The van der Waals surface area contributed by atoms with Crippen molar-refractivity contribution in [3.8, 4) is 0 Å². The molecular formula is C11H16N2. The third-order valence-electron chi connectivity index (χ3n) is 2.11. The largest absolute Gasteiger partial charge is 0.347 e. The Morgan fingerprint density at radius 1 is 1.69 bits per heavy atom. The van der Waals surface area contributed by atoms with Crippen LogP contribution in [0.2, 0.25) is 0 Å². The fourth-order valence-corrected chi connectivity index (χ4v) is 1.17. The van der Waals surface area contributed by atoms with Crippen molar-refractivity contribution in [3.63, 3.8) is 0 Å². The summed E-state index contributed by atoms with van der Waals surface area (Å²) in [5.74, 6) is 0.901. The van der Waals surface area contributed by atoms with Crippen LogP contribution in [0.1, 0.15) is 26.7 Å². The molecule has 70 valence electrons. The molecular weight excluding hydrogens is 160 g/mol. The number of nitrogens with one attached hydrogen (secondary N) is 1. The third kappa shape index (κ3) is 2.58. The molecule has 0 amide bonds. The molecule has 13 heavy (non-hydrogen) atoms. The topological polar surface area (TPSA) is 24.4 Å². The number of rotatable bonds is 2. The number of hydrogen-bond donors (Lipinski definition) is 1. The zero-order valence-electron chi connectivity index (χ0n) is 8.30. The maximum atomic E-state index is 4.35. The lowest BCUT2D eigenvalue weighted by molar-refractivity contribution is 1.02. The molecule has 2 nitrogen and oxygen atoms in total. The van der Waals surface area contributed by atoms with Gasteiger partial charge in [0, 0.05) is 6.20 Å². The van der Waals surface area contributed by atoms with E-state index in [1.165, 1.54) is 11.1 Å². The standard InChI is InChI=1S/C11H16N2/c1-4-10-7-6-9(3)11(12-5-2)13-8-10/h5-6,8H,2,4,7H2,1,3H3,(H,12,13). The van der Waals surface area contributed by atoms with Crippen LogP contribution in [0.15, 0.2) is 41.2 Å². The fraction of sp³-hybridized carbons (Fsp3) is 0.364. The minimum absolute atomic E-state index is 0.901. The zero-order valence-corrected chi connectivity index (χ0v) is 8.30. The first-order valence-corrected chi connectivity index (χ1v) is 4.58. The van der Waals surface area contributed by atoms with Crippen molar-refractivity contribution in [2.75, 3.05) is 0 Å². The molecule has 0 aliphatic carbocycles. The van der Waals surface area contributed by atoms with Crippen molar-refractivity contribution in [2.45, 2.75) is 26.7 Å². The van der Waals surface area contributed by atoms with Crippen LogP contribution in [-0.4, -0.2) is 5.84 Å². The molecule has 0 atom stereocenters. The van der Waals surface area contributed by atoms with E-state index in [1.54, 1.807) is 6.20 Å². The quantitative estimate of drug-likeness (QED) is 0.687. The van der Waals surface area contributed by atoms with E-state index < -0.39 is 0 Å². The fourth-order valence-electron chi connectivity index (χ4n) is 1.17. The van der Waals surface area contributed by atoms with Gasteiger partial charge in [-0.3, -0.25) is 0 Å². The van der Waals surface area contributed by atoms with Gasteiger partial charge in [0.1, 0.15) is 5.84 Å². The molecule has 0 saturated heterocycles. The molecule has 0 saturated carbocycles. The Morgan fingerprint density at radius 2 is 2.46 bits per heavy atom. The second-order valence-corrected chi connectivity index (χ2v) is 3.06. The summed E-state index contributed by atoms with van der Waals surface area (Å²) in [6.07, 6.45) is 7.86. The first-order valence-electron chi connectivity index (χ1n) is 4.58. The van der Waals surface area contributed by atoms with E-state index in [4.69, 9.17) is 0 Å². The number of aliphatic imine (C=N–C) groups is 1. The molecule has 0 aromatic heterocycles. The molecule has 0 bridgehead atoms. The normalized spacial score (nSPS) is 16.6. The van der Waals surface area contributed by atoms with E-state index in [1.807, 2.05) is 6.20 Å². The minimum atomic E-state index is 0.901. The zero-order chi connectivity index (χ0) is 9.68. The summed E-state index contributed by atoms with van der Waals surface area (Å²) in [7, 11) is 0. The summed E-state index contributed by atoms with van der Waals surface area (Å²) in [6.45, 7) is 7.83. The molecule has 0 radical (unpaired) electrons. The summed E-state index contributed by atoms with van der Waals surface area (Å²) < 4.78 is 0. The van der Waals surface area contributed by atoms with Gasteiger partial charge in [0.2, 0.25) is 0 Å². The minimum Gasteiger partial charge on any atom is -0.347 e. The molecule has 1 heterocycles. The highest BCUT2D eigenvalue weighted by molar-refractivity contribution is 5.99. The lowest BCUT2D eigenvalue weighted by Gasteiger charge is -2.02. The van der Waals surface area contributed by atoms with Gasteiger partial charge in [-0.1, -0.05) is 19.6 Å². The highest BCUT2D eigenvalue weighted by Crippen LogP contribution is 2.13. The Morgan fingerprint density at radius 3 is 3.08 bits per heavy atom. The molecule has 1 N–H and O–H groups in total. The molecule has 2 heteroatoms. The lowest BCUT2D eigenvalue weighted by atomic mass is 10.1. The Labute approximate surface area is 79.8 Å². The molecule has 0 unspecified atom stereocenters. The van der Waals surface area contributed by atoms with Gasteiger partial charge in [0.15, 0.2) is 0 Å². The Hall–Kier alpha value is -1.31.